The van der Waals surface area contributed by atoms with Crippen LogP contribution in [0.2, 0.25) is 0 Å². The molecule has 1 aliphatic heterocycles. The first-order valence-electron chi connectivity index (χ1n) is 7.64. The number of carbonyl (C=O) groups excluding carboxylic acids is 1. The van der Waals surface area contributed by atoms with E-state index in [4.69, 9.17) is 0 Å². The molecule has 0 amide bonds. The lowest BCUT2D eigenvalue weighted by Gasteiger charge is -2.17. The van der Waals surface area contributed by atoms with Crippen LogP contribution in [0, 0.1) is 12.8 Å². The molecular weight excluding hydrogens is 258 g/mol. The molecule has 1 saturated heterocycles. The molecule has 2 nitrogen and oxygen atoms in total. The molecule has 2 aromatic carbocycles. The molecule has 1 aliphatic carbocycles. The summed E-state index contributed by atoms with van der Waals surface area (Å²) < 4.78 is 0. The van der Waals surface area contributed by atoms with Crippen molar-refractivity contribution in [2.24, 2.45) is 5.92 Å². The first-order valence-corrected chi connectivity index (χ1v) is 7.64. The lowest BCUT2D eigenvalue weighted by molar-refractivity contribution is 0.0931. The van der Waals surface area contributed by atoms with Gasteiger partial charge in [-0.2, -0.15) is 0 Å². The van der Waals surface area contributed by atoms with E-state index in [9.17, 15) is 4.79 Å². The third-order valence-electron chi connectivity index (χ3n) is 4.93. The Balaban J connectivity index is 1.59. The summed E-state index contributed by atoms with van der Waals surface area (Å²) in [7, 11) is 0. The van der Waals surface area contributed by atoms with Gasteiger partial charge in [-0.3, -0.25) is 9.69 Å². The molecule has 0 bridgehead atoms. The minimum absolute atomic E-state index is 0.171. The topological polar surface area (TPSA) is 20.3 Å². The zero-order valence-corrected chi connectivity index (χ0v) is 12.3. The third-order valence-corrected chi connectivity index (χ3v) is 4.93. The number of rotatable bonds is 2. The third kappa shape index (κ3) is 2.02. The SMILES string of the molecule is Cc1cccc2c1C(=O)C1CN(Cc3ccccc3)CC21. The maximum atomic E-state index is 12.7. The van der Waals surface area contributed by atoms with E-state index in [1.165, 1.54) is 11.1 Å². The molecule has 0 spiro atoms. The zero-order valence-electron chi connectivity index (χ0n) is 12.3. The highest BCUT2D eigenvalue weighted by Crippen LogP contribution is 2.44. The molecule has 2 aliphatic rings. The van der Waals surface area contributed by atoms with Gasteiger partial charge in [0.05, 0.1) is 0 Å². The molecule has 106 valence electrons. The average molecular weight is 277 g/mol. The number of fused-ring (bicyclic) bond motifs is 3. The highest BCUT2D eigenvalue weighted by molar-refractivity contribution is 6.04. The summed E-state index contributed by atoms with van der Waals surface area (Å²) in [6, 6.07) is 16.8. The van der Waals surface area contributed by atoms with Crippen LogP contribution in [0.1, 0.15) is 33.0 Å². The van der Waals surface area contributed by atoms with Crippen molar-refractivity contribution in [1.29, 1.82) is 0 Å². The van der Waals surface area contributed by atoms with Crippen LogP contribution in [0.15, 0.2) is 48.5 Å². The minimum atomic E-state index is 0.171. The summed E-state index contributed by atoms with van der Waals surface area (Å²) in [6.45, 7) is 4.90. The fraction of sp³-hybridized carbons (Fsp3) is 0.316. The van der Waals surface area contributed by atoms with E-state index in [1.54, 1.807) is 0 Å². The summed E-state index contributed by atoms with van der Waals surface area (Å²) in [6.07, 6.45) is 0. The second-order valence-electron chi connectivity index (χ2n) is 6.30. The van der Waals surface area contributed by atoms with E-state index in [0.29, 0.717) is 11.7 Å². The summed E-state index contributed by atoms with van der Waals surface area (Å²) in [5.74, 6) is 0.935. The highest BCUT2D eigenvalue weighted by atomic mass is 16.1. The highest BCUT2D eigenvalue weighted by Gasteiger charge is 2.45. The maximum absolute atomic E-state index is 12.7. The maximum Gasteiger partial charge on any atom is 0.168 e. The lowest BCUT2D eigenvalue weighted by Crippen LogP contribution is -2.23. The van der Waals surface area contributed by atoms with Crippen LogP contribution in [0.3, 0.4) is 0 Å². The van der Waals surface area contributed by atoms with Gasteiger partial charge in [0.1, 0.15) is 0 Å². The van der Waals surface area contributed by atoms with Crippen molar-refractivity contribution >= 4 is 5.78 Å². The van der Waals surface area contributed by atoms with Crippen LogP contribution >= 0.6 is 0 Å². The van der Waals surface area contributed by atoms with Crippen molar-refractivity contribution < 1.29 is 4.79 Å². The number of Topliss-reactive ketones (excluding diaryl/α,β-unsaturated/α-hetero) is 1. The number of likely N-dealkylation sites (tertiary alicyclic amines) is 1. The van der Waals surface area contributed by atoms with Crippen LogP contribution < -0.4 is 0 Å². The Bertz CT molecular complexity index is 692. The van der Waals surface area contributed by atoms with Gasteiger partial charge in [-0.1, -0.05) is 48.5 Å². The van der Waals surface area contributed by atoms with Gasteiger partial charge in [-0.25, -0.2) is 0 Å². The van der Waals surface area contributed by atoms with Crippen LogP contribution in [0.25, 0.3) is 0 Å². The van der Waals surface area contributed by atoms with Gasteiger partial charge >= 0.3 is 0 Å². The Hall–Kier alpha value is -1.93. The molecule has 0 saturated carbocycles. The van der Waals surface area contributed by atoms with Gasteiger partial charge in [0.15, 0.2) is 5.78 Å². The number of aryl methyl sites for hydroxylation is 1. The number of carbonyl (C=O) groups is 1. The molecule has 0 radical (unpaired) electrons. The minimum Gasteiger partial charge on any atom is -0.298 e. The van der Waals surface area contributed by atoms with E-state index in [-0.39, 0.29) is 5.92 Å². The van der Waals surface area contributed by atoms with Gasteiger partial charge < -0.3 is 0 Å². The predicted octanol–water partition coefficient (Wildman–Crippen LogP) is 3.41. The Labute approximate surface area is 125 Å². The number of benzene rings is 2. The summed E-state index contributed by atoms with van der Waals surface area (Å²) in [4.78, 5) is 15.1. The average Bonchev–Trinajstić information content (AvgIpc) is 3.01. The van der Waals surface area contributed by atoms with Crippen molar-refractivity contribution in [2.75, 3.05) is 13.1 Å². The van der Waals surface area contributed by atoms with E-state index in [0.717, 1.165) is 30.8 Å². The first kappa shape index (κ1) is 12.8. The summed E-state index contributed by atoms with van der Waals surface area (Å²) in [5, 5.41) is 0. The molecule has 0 aromatic heterocycles. The van der Waals surface area contributed by atoms with Crippen LogP contribution in [0.4, 0.5) is 0 Å². The zero-order chi connectivity index (χ0) is 14.4. The fourth-order valence-electron chi connectivity index (χ4n) is 3.96. The van der Waals surface area contributed by atoms with Crippen LogP contribution in [-0.4, -0.2) is 23.8 Å². The van der Waals surface area contributed by atoms with Crippen molar-refractivity contribution in [2.45, 2.75) is 19.4 Å². The standard InChI is InChI=1S/C19H19NO/c1-13-6-5-9-15-16-11-20(10-14-7-3-2-4-8-14)12-17(16)19(21)18(13)15/h2-9,16-17H,10-12H2,1H3. The van der Waals surface area contributed by atoms with Crippen LogP contribution in [-0.2, 0) is 6.54 Å². The van der Waals surface area contributed by atoms with Gasteiger partial charge in [0, 0.05) is 37.0 Å². The number of ketones is 1. The van der Waals surface area contributed by atoms with Gasteiger partial charge in [0.2, 0.25) is 0 Å². The number of nitrogens with zero attached hydrogens (tertiary/aromatic N) is 1. The monoisotopic (exact) mass is 277 g/mol. The molecule has 2 heteroatoms. The van der Waals surface area contributed by atoms with Gasteiger partial charge in [-0.05, 0) is 23.6 Å². The molecule has 2 atom stereocenters. The second kappa shape index (κ2) is 4.81. The molecule has 2 aromatic rings. The van der Waals surface area contributed by atoms with Crippen molar-refractivity contribution in [1.82, 2.24) is 4.90 Å². The number of hydrogen-bond acceptors (Lipinski definition) is 2. The van der Waals surface area contributed by atoms with Crippen molar-refractivity contribution in [3.8, 4) is 0 Å². The normalized spacial score (nSPS) is 24.1. The number of hydrogen-bond donors (Lipinski definition) is 0. The Morgan fingerprint density at radius 2 is 1.76 bits per heavy atom. The Morgan fingerprint density at radius 1 is 1.00 bits per heavy atom. The summed E-state index contributed by atoms with van der Waals surface area (Å²) in [5.41, 5.74) is 4.75. The van der Waals surface area contributed by atoms with E-state index in [1.807, 2.05) is 6.07 Å². The molecular formula is C19H19NO. The second-order valence-corrected chi connectivity index (χ2v) is 6.30. The predicted molar refractivity (Wildman–Crippen MR) is 83.5 cm³/mol. The molecule has 2 unspecified atom stereocenters. The smallest absolute Gasteiger partial charge is 0.168 e. The summed E-state index contributed by atoms with van der Waals surface area (Å²) >= 11 is 0. The molecule has 4 rings (SSSR count). The molecule has 0 N–H and O–H groups in total. The van der Waals surface area contributed by atoms with E-state index in [2.05, 4.69) is 54.3 Å². The Kier molecular flexibility index (Phi) is 2.93. The van der Waals surface area contributed by atoms with Gasteiger partial charge in [-0.15, -0.1) is 0 Å². The molecule has 1 heterocycles. The lowest BCUT2D eigenvalue weighted by atomic mass is 9.96. The fourth-order valence-corrected chi connectivity index (χ4v) is 3.96. The van der Waals surface area contributed by atoms with E-state index >= 15 is 0 Å². The molecule has 1 fully saturated rings. The quantitative estimate of drug-likeness (QED) is 0.838. The van der Waals surface area contributed by atoms with E-state index < -0.39 is 0 Å². The van der Waals surface area contributed by atoms with Gasteiger partial charge in [0.25, 0.3) is 0 Å². The largest absolute Gasteiger partial charge is 0.298 e. The molecule has 21 heavy (non-hydrogen) atoms. The Morgan fingerprint density at radius 3 is 2.57 bits per heavy atom. The van der Waals surface area contributed by atoms with Crippen molar-refractivity contribution in [3.63, 3.8) is 0 Å². The van der Waals surface area contributed by atoms with Crippen LogP contribution in [0.5, 0.6) is 0 Å². The van der Waals surface area contributed by atoms with Crippen molar-refractivity contribution in [3.05, 3.63) is 70.8 Å². The first-order chi connectivity index (χ1) is 10.2.